The topological polar surface area (TPSA) is 94.1 Å². The number of pyridine rings is 1. The van der Waals surface area contributed by atoms with Crippen molar-refractivity contribution < 1.29 is 9.53 Å². The highest BCUT2D eigenvalue weighted by Crippen LogP contribution is 2.33. The highest BCUT2D eigenvalue weighted by molar-refractivity contribution is 5.95. The number of hydrogen-bond acceptors (Lipinski definition) is 8. The lowest BCUT2D eigenvalue weighted by Crippen LogP contribution is -2.48. The molecule has 0 radical (unpaired) electrons. The zero-order chi connectivity index (χ0) is 18.9. The van der Waals surface area contributed by atoms with Crippen LogP contribution in [0, 0.1) is 0 Å². The smallest absolute Gasteiger partial charge is 0.255 e. The van der Waals surface area contributed by atoms with Crippen LogP contribution in [0.5, 0.6) is 5.75 Å². The first kappa shape index (κ1) is 16.8. The molecule has 9 nitrogen and oxygen atoms in total. The molecule has 1 aromatic heterocycles. The van der Waals surface area contributed by atoms with Crippen molar-refractivity contribution in [2.75, 3.05) is 31.1 Å². The number of nitrogens with one attached hydrogen (secondary N) is 3. The van der Waals surface area contributed by atoms with Crippen LogP contribution >= 0.6 is 0 Å². The molecule has 0 spiro atoms. The van der Waals surface area contributed by atoms with E-state index in [1.54, 1.807) is 24.7 Å². The van der Waals surface area contributed by atoms with Gasteiger partial charge in [-0.1, -0.05) is 0 Å². The normalized spacial score (nSPS) is 22.1. The van der Waals surface area contributed by atoms with E-state index >= 15 is 0 Å². The van der Waals surface area contributed by atoms with E-state index in [9.17, 15) is 4.79 Å². The molecular formula is C19H21N7O2. The van der Waals surface area contributed by atoms with Gasteiger partial charge in [0, 0.05) is 25.0 Å². The van der Waals surface area contributed by atoms with Crippen LogP contribution in [0.1, 0.15) is 16.8 Å². The maximum atomic E-state index is 12.5. The van der Waals surface area contributed by atoms with Crippen molar-refractivity contribution in [3.63, 3.8) is 0 Å². The maximum Gasteiger partial charge on any atom is 0.255 e. The minimum atomic E-state index is -0.0894. The third-order valence-electron chi connectivity index (χ3n) is 5.03. The lowest BCUT2D eigenvalue weighted by atomic mass is 10.1. The molecule has 5 heterocycles. The fourth-order valence-electron chi connectivity index (χ4n) is 3.32. The van der Waals surface area contributed by atoms with Gasteiger partial charge in [-0.15, -0.1) is 0 Å². The standard InChI is InChI=1S/C19H21N7O2/c27-19(25-4-1-5-25)13-8-16-18(22-10-13)26(6-7-28-16)15-2-3-21-17(9-15)24-23-14-11-20-12-14/h2-3,8-12,17,21,23-24H,1,4-7H2. The molecular weight excluding hydrogens is 358 g/mol. The third-order valence-corrected chi connectivity index (χ3v) is 5.03. The molecule has 9 heteroatoms. The summed E-state index contributed by atoms with van der Waals surface area (Å²) in [6.45, 7) is 2.86. The first-order valence-electron chi connectivity index (χ1n) is 9.37. The number of dihydropyridines is 1. The van der Waals surface area contributed by atoms with Crippen LogP contribution in [0.2, 0.25) is 0 Å². The zero-order valence-corrected chi connectivity index (χ0v) is 15.3. The zero-order valence-electron chi connectivity index (χ0n) is 15.3. The van der Waals surface area contributed by atoms with Crippen LogP contribution in [0.25, 0.3) is 0 Å². The van der Waals surface area contributed by atoms with E-state index in [2.05, 4.69) is 37.1 Å². The van der Waals surface area contributed by atoms with Crippen LogP contribution in [0.4, 0.5) is 5.82 Å². The number of hydrogen-bond donors (Lipinski definition) is 3. The molecule has 1 atom stereocenters. The van der Waals surface area contributed by atoms with E-state index in [1.807, 2.05) is 17.2 Å². The Morgan fingerprint density at radius 1 is 1.32 bits per heavy atom. The SMILES string of the molecule is O=C(c1cnc2c(c1)OCCN2C1=CC(NNC2=CN=C2)NC=C1)N1CCC1. The Labute approximate surface area is 162 Å². The number of carbonyl (C=O) groups is 1. The minimum Gasteiger partial charge on any atom is -0.488 e. The van der Waals surface area contributed by atoms with Crippen molar-refractivity contribution in [2.45, 2.75) is 12.6 Å². The Kier molecular flexibility index (Phi) is 4.21. The predicted octanol–water partition coefficient (Wildman–Crippen LogP) is 0.473. The van der Waals surface area contributed by atoms with Crippen LogP contribution in [-0.4, -0.2) is 54.4 Å². The Bertz CT molecular complexity index is 917. The third kappa shape index (κ3) is 3.09. The average molecular weight is 379 g/mol. The summed E-state index contributed by atoms with van der Waals surface area (Å²) in [5, 5.41) is 3.23. The molecule has 1 amide bonds. The minimum absolute atomic E-state index is 0.0208. The van der Waals surface area contributed by atoms with Crippen LogP contribution in [0.3, 0.4) is 0 Å². The summed E-state index contributed by atoms with van der Waals surface area (Å²) in [5.41, 5.74) is 8.80. The molecule has 5 rings (SSSR count). The molecule has 1 unspecified atom stereocenters. The number of nitrogens with zero attached hydrogens (tertiary/aromatic N) is 4. The number of ether oxygens (including phenoxy) is 1. The molecule has 1 saturated heterocycles. The highest BCUT2D eigenvalue weighted by atomic mass is 16.5. The summed E-state index contributed by atoms with van der Waals surface area (Å²) in [4.78, 5) is 24.9. The van der Waals surface area contributed by atoms with Crippen molar-refractivity contribution in [1.29, 1.82) is 0 Å². The second-order valence-corrected chi connectivity index (χ2v) is 6.89. The molecule has 0 bridgehead atoms. The van der Waals surface area contributed by atoms with Gasteiger partial charge in [0.1, 0.15) is 12.8 Å². The largest absolute Gasteiger partial charge is 0.488 e. The summed E-state index contributed by atoms with van der Waals surface area (Å²) in [5.74, 6) is 1.39. The van der Waals surface area contributed by atoms with Gasteiger partial charge in [0.25, 0.3) is 5.91 Å². The fourth-order valence-corrected chi connectivity index (χ4v) is 3.32. The van der Waals surface area contributed by atoms with Crippen LogP contribution < -0.4 is 25.8 Å². The van der Waals surface area contributed by atoms with Crippen LogP contribution in [-0.2, 0) is 0 Å². The first-order valence-corrected chi connectivity index (χ1v) is 9.37. The van der Waals surface area contributed by atoms with Crippen LogP contribution in [0.15, 0.2) is 53.2 Å². The fraction of sp³-hybridized carbons (Fsp3) is 0.316. The van der Waals surface area contributed by atoms with Gasteiger partial charge in [-0.05, 0) is 30.8 Å². The number of likely N-dealkylation sites (tertiary alicyclic amines) is 1. The Balaban J connectivity index is 1.34. The number of rotatable bonds is 5. The number of anilines is 1. The number of allylic oxidation sites excluding steroid dienone is 2. The van der Waals surface area contributed by atoms with E-state index in [4.69, 9.17) is 4.74 Å². The summed E-state index contributed by atoms with van der Waals surface area (Å²) >= 11 is 0. The quantitative estimate of drug-likeness (QED) is 0.641. The van der Waals surface area contributed by atoms with E-state index in [0.717, 1.165) is 36.7 Å². The van der Waals surface area contributed by atoms with Gasteiger partial charge >= 0.3 is 0 Å². The molecule has 0 aromatic carbocycles. The number of hydrazine groups is 1. The lowest BCUT2D eigenvalue weighted by Gasteiger charge is -2.34. The summed E-state index contributed by atoms with van der Waals surface area (Å²) in [7, 11) is 0. The van der Waals surface area contributed by atoms with Crippen molar-refractivity contribution in [1.82, 2.24) is 26.1 Å². The predicted molar refractivity (Wildman–Crippen MR) is 105 cm³/mol. The van der Waals surface area contributed by atoms with Crippen molar-refractivity contribution in [3.8, 4) is 5.75 Å². The average Bonchev–Trinajstić information content (AvgIpc) is 2.64. The van der Waals surface area contributed by atoms with Gasteiger partial charge in [-0.25, -0.2) is 10.4 Å². The molecule has 28 heavy (non-hydrogen) atoms. The van der Waals surface area contributed by atoms with Crippen molar-refractivity contribution >= 4 is 17.9 Å². The van der Waals surface area contributed by atoms with Gasteiger partial charge in [0.15, 0.2) is 11.6 Å². The summed E-state index contributed by atoms with van der Waals surface area (Å²) < 4.78 is 5.80. The molecule has 0 aliphatic carbocycles. The van der Waals surface area contributed by atoms with Crippen molar-refractivity contribution in [2.24, 2.45) is 4.99 Å². The number of aromatic nitrogens is 1. The Morgan fingerprint density at radius 3 is 2.96 bits per heavy atom. The number of amides is 1. The number of aliphatic imine (C=N–C) groups is 1. The van der Waals surface area contributed by atoms with E-state index in [1.165, 1.54) is 0 Å². The Morgan fingerprint density at radius 2 is 2.21 bits per heavy atom. The second kappa shape index (κ2) is 7.01. The number of carbonyl (C=O) groups excluding carboxylic acids is 1. The monoisotopic (exact) mass is 379 g/mol. The molecule has 4 aliphatic rings. The lowest BCUT2D eigenvalue weighted by molar-refractivity contribution is 0.0651. The van der Waals surface area contributed by atoms with Crippen molar-refractivity contribution in [3.05, 3.63) is 53.8 Å². The molecule has 3 N–H and O–H groups in total. The molecule has 1 fully saturated rings. The van der Waals surface area contributed by atoms with Gasteiger partial charge in [0.2, 0.25) is 0 Å². The van der Waals surface area contributed by atoms with Gasteiger partial charge in [0.05, 0.1) is 30.2 Å². The summed E-state index contributed by atoms with van der Waals surface area (Å²) in [6, 6.07) is 1.81. The number of fused-ring (bicyclic) bond motifs is 1. The highest BCUT2D eigenvalue weighted by Gasteiger charge is 2.27. The van der Waals surface area contributed by atoms with Gasteiger partial charge < -0.3 is 25.3 Å². The first-order chi connectivity index (χ1) is 13.8. The van der Waals surface area contributed by atoms with Gasteiger partial charge in [-0.3, -0.25) is 9.79 Å². The van der Waals surface area contributed by atoms with Gasteiger partial charge in [-0.2, -0.15) is 0 Å². The van der Waals surface area contributed by atoms with E-state index in [-0.39, 0.29) is 12.1 Å². The molecule has 4 aliphatic heterocycles. The maximum absolute atomic E-state index is 12.5. The van der Waals surface area contributed by atoms with E-state index in [0.29, 0.717) is 24.5 Å². The molecule has 1 aromatic rings. The summed E-state index contributed by atoms with van der Waals surface area (Å²) in [6.07, 6.45) is 12.1. The Hall–Kier alpha value is -3.33. The molecule has 0 saturated carbocycles. The second-order valence-electron chi connectivity index (χ2n) is 6.89. The van der Waals surface area contributed by atoms with E-state index < -0.39 is 0 Å². The molecule has 144 valence electrons.